The number of hydrogen-bond donors (Lipinski definition) is 11. The monoisotopic (exact) mass is 635 g/mol. The Hall–Kier alpha value is -4.84. The molecule has 17 nitrogen and oxygen atoms in total. The number of para-hydroxylation sites is 1. The lowest BCUT2D eigenvalue weighted by atomic mass is 10.0. The van der Waals surface area contributed by atoms with Crippen molar-refractivity contribution in [2.75, 3.05) is 18.8 Å². The molecule has 0 bridgehead atoms. The molecule has 1 aromatic heterocycles. The van der Waals surface area contributed by atoms with Crippen LogP contribution in [0.1, 0.15) is 24.8 Å². The third kappa shape index (κ3) is 11.4. The number of rotatable bonds is 18. The molecule has 13 N–H and O–H groups in total. The number of amides is 4. The van der Waals surface area contributed by atoms with E-state index in [0.717, 1.165) is 10.9 Å². The van der Waals surface area contributed by atoms with Gasteiger partial charge in [0.05, 0.1) is 19.0 Å². The Morgan fingerprint density at radius 1 is 0.932 bits per heavy atom. The van der Waals surface area contributed by atoms with E-state index in [4.69, 9.17) is 17.2 Å². The van der Waals surface area contributed by atoms with Gasteiger partial charge in [0.25, 0.3) is 0 Å². The zero-order chi connectivity index (χ0) is 32.8. The number of carbonyl (C=O) groups excluding carboxylic acids is 4. The van der Waals surface area contributed by atoms with E-state index in [-0.39, 0.29) is 31.1 Å². The third-order valence-electron chi connectivity index (χ3n) is 6.29. The topological polar surface area (TPSA) is 297 Å². The lowest BCUT2D eigenvalue weighted by Crippen LogP contribution is -2.57. The molecule has 0 spiro atoms. The number of hydrogen-bond acceptors (Lipinski definition) is 9. The predicted molar refractivity (Wildman–Crippen MR) is 162 cm³/mol. The number of nitrogens with two attached hydrogens (primary N) is 3. The molecular weight excluding hydrogens is 598 g/mol. The Morgan fingerprint density at radius 3 is 2.23 bits per heavy atom. The highest BCUT2D eigenvalue weighted by Gasteiger charge is 2.31. The molecule has 0 saturated carbocycles. The van der Waals surface area contributed by atoms with Gasteiger partial charge >= 0.3 is 11.9 Å². The van der Waals surface area contributed by atoms with Crippen LogP contribution in [0.2, 0.25) is 0 Å². The van der Waals surface area contributed by atoms with Crippen molar-refractivity contribution in [2.24, 2.45) is 22.2 Å². The van der Waals surface area contributed by atoms with E-state index in [2.05, 4.69) is 43.9 Å². The minimum absolute atomic E-state index is 0.105. The zero-order valence-corrected chi connectivity index (χ0v) is 24.5. The number of nitrogens with zero attached hydrogens (tertiary/aromatic N) is 1. The van der Waals surface area contributed by atoms with Crippen molar-refractivity contribution in [1.29, 1.82) is 0 Å². The summed E-state index contributed by atoms with van der Waals surface area (Å²) in [4.78, 5) is 80.9. The summed E-state index contributed by atoms with van der Waals surface area (Å²) in [7, 11) is 0. The average Bonchev–Trinajstić information content (AvgIpc) is 3.37. The molecule has 0 fully saturated rings. The Balaban J connectivity index is 2.13. The molecule has 1 heterocycles. The standard InChI is InChI=1S/C26H37N9O8S/c27-15(5-3-7-30-26(28)29)22(39)32-11-20(36)33-18(9-21(37)38)24(41)34-17(23(40)35-19(12-44)25(42)43)8-13-10-31-16-6-2-1-4-14(13)16/h1-2,4,6,10,15,17-19,31,44H,3,5,7-9,11-12,27H2,(H,32,39)(H,33,36)(H,34,41)(H,35,40)(H,37,38)(H,42,43)(H4,28,29,30). The quantitative estimate of drug-likeness (QED) is 0.0343. The number of thiol groups is 1. The SMILES string of the molecule is NC(N)=NCCCC(N)C(=O)NCC(=O)NC(CC(=O)O)C(=O)NC(Cc1c[nH]c2ccccc12)C(=O)NC(CS)C(=O)O. The lowest BCUT2D eigenvalue weighted by molar-refractivity contribution is -0.142. The van der Waals surface area contributed by atoms with Gasteiger partial charge in [-0.1, -0.05) is 18.2 Å². The molecule has 18 heteroatoms. The van der Waals surface area contributed by atoms with Crippen molar-refractivity contribution in [3.63, 3.8) is 0 Å². The Morgan fingerprint density at radius 2 is 1.59 bits per heavy atom. The number of guanidine groups is 1. The number of carboxylic acid groups (broad SMARTS) is 2. The fourth-order valence-electron chi connectivity index (χ4n) is 4.04. The number of aromatic nitrogens is 1. The molecule has 2 rings (SSSR count). The second-order valence-corrected chi connectivity index (χ2v) is 10.1. The van der Waals surface area contributed by atoms with Gasteiger partial charge in [-0.25, -0.2) is 4.79 Å². The summed E-state index contributed by atoms with van der Waals surface area (Å²) >= 11 is 3.94. The van der Waals surface area contributed by atoms with E-state index in [1.807, 2.05) is 0 Å². The van der Waals surface area contributed by atoms with Gasteiger partial charge in [-0.2, -0.15) is 12.6 Å². The second-order valence-electron chi connectivity index (χ2n) is 9.70. The molecule has 0 aliphatic heterocycles. The number of fused-ring (bicyclic) bond motifs is 1. The van der Waals surface area contributed by atoms with Crippen LogP contribution in [0.3, 0.4) is 0 Å². The van der Waals surface area contributed by atoms with Crippen molar-refractivity contribution in [3.05, 3.63) is 36.0 Å². The first kappa shape index (κ1) is 35.4. The largest absolute Gasteiger partial charge is 0.481 e. The van der Waals surface area contributed by atoms with E-state index in [1.165, 1.54) is 0 Å². The van der Waals surface area contributed by atoms with Crippen LogP contribution in [0.4, 0.5) is 0 Å². The summed E-state index contributed by atoms with van der Waals surface area (Å²) in [5.74, 6) is -6.59. The lowest BCUT2D eigenvalue weighted by Gasteiger charge is -2.24. The summed E-state index contributed by atoms with van der Waals surface area (Å²) in [5, 5.41) is 28.7. The summed E-state index contributed by atoms with van der Waals surface area (Å²) < 4.78 is 0. The molecule has 2 aromatic rings. The van der Waals surface area contributed by atoms with E-state index in [9.17, 15) is 39.0 Å². The number of carboxylic acids is 2. The van der Waals surface area contributed by atoms with Crippen molar-refractivity contribution in [1.82, 2.24) is 26.3 Å². The highest BCUT2D eigenvalue weighted by atomic mass is 32.1. The molecule has 240 valence electrons. The molecule has 0 saturated heterocycles. The molecule has 4 amide bonds. The summed E-state index contributed by atoms with van der Waals surface area (Å²) in [5.41, 5.74) is 17.6. The van der Waals surface area contributed by atoms with Crippen LogP contribution < -0.4 is 38.5 Å². The predicted octanol–water partition coefficient (Wildman–Crippen LogP) is -2.85. The van der Waals surface area contributed by atoms with Crippen LogP contribution in [0.15, 0.2) is 35.5 Å². The number of aliphatic carboxylic acids is 2. The molecule has 1 aromatic carbocycles. The number of nitrogens with one attached hydrogen (secondary N) is 5. The van der Waals surface area contributed by atoms with Gasteiger partial charge in [-0.15, -0.1) is 0 Å². The molecule has 0 radical (unpaired) electrons. The van der Waals surface area contributed by atoms with Crippen LogP contribution in [-0.4, -0.2) is 99.7 Å². The number of benzene rings is 1. The number of carbonyl (C=O) groups is 6. The molecule has 4 atom stereocenters. The first-order valence-corrected chi connectivity index (χ1v) is 14.0. The maximum Gasteiger partial charge on any atom is 0.327 e. The minimum atomic E-state index is -1.65. The van der Waals surface area contributed by atoms with Crippen LogP contribution >= 0.6 is 12.6 Å². The summed E-state index contributed by atoms with van der Waals surface area (Å²) in [6.07, 6.45) is 1.27. The fraction of sp³-hybridized carbons (Fsp3) is 0.423. The van der Waals surface area contributed by atoms with Crippen LogP contribution in [0.5, 0.6) is 0 Å². The van der Waals surface area contributed by atoms with Gasteiger partial charge in [-0.3, -0.25) is 29.0 Å². The maximum atomic E-state index is 13.2. The van der Waals surface area contributed by atoms with Gasteiger partial charge in [-0.05, 0) is 24.5 Å². The molecule has 0 aliphatic carbocycles. The molecule has 4 unspecified atom stereocenters. The Bertz CT molecular complexity index is 1380. The Kier molecular flexibility index (Phi) is 13.9. The number of aromatic amines is 1. The molecule has 44 heavy (non-hydrogen) atoms. The smallest absolute Gasteiger partial charge is 0.327 e. The van der Waals surface area contributed by atoms with Crippen molar-refractivity contribution in [3.8, 4) is 0 Å². The minimum Gasteiger partial charge on any atom is -0.481 e. The van der Waals surface area contributed by atoms with Gasteiger partial charge in [0, 0.05) is 35.8 Å². The van der Waals surface area contributed by atoms with Gasteiger partial charge < -0.3 is 53.7 Å². The first-order valence-electron chi connectivity index (χ1n) is 13.4. The van der Waals surface area contributed by atoms with Crippen LogP contribution in [0, 0.1) is 0 Å². The second kappa shape index (κ2) is 17.3. The third-order valence-corrected chi connectivity index (χ3v) is 6.65. The van der Waals surface area contributed by atoms with Gasteiger partial charge in [0.2, 0.25) is 23.6 Å². The highest BCUT2D eigenvalue weighted by Crippen LogP contribution is 2.19. The van der Waals surface area contributed by atoms with E-state index < -0.39 is 72.7 Å². The van der Waals surface area contributed by atoms with E-state index >= 15 is 0 Å². The molecular formula is C26H37N9O8S. The van der Waals surface area contributed by atoms with E-state index in [0.29, 0.717) is 12.0 Å². The first-order chi connectivity index (χ1) is 20.8. The number of H-pyrrole nitrogens is 1. The molecule has 0 aliphatic rings. The number of aliphatic imine (C=N–C) groups is 1. The van der Waals surface area contributed by atoms with E-state index in [1.54, 1.807) is 30.5 Å². The van der Waals surface area contributed by atoms with Crippen LogP contribution in [-0.2, 0) is 35.2 Å². The normalized spacial score (nSPS) is 13.5. The van der Waals surface area contributed by atoms with Gasteiger partial charge in [0.1, 0.15) is 18.1 Å². The maximum absolute atomic E-state index is 13.2. The van der Waals surface area contributed by atoms with Crippen molar-refractivity contribution >= 4 is 65.1 Å². The van der Waals surface area contributed by atoms with Gasteiger partial charge in [0.15, 0.2) is 5.96 Å². The summed E-state index contributed by atoms with van der Waals surface area (Å²) in [6, 6.07) is 1.77. The van der Waals surface area contributed by atoms with Crippen molar-refractivity contribution < 1.29 is 39.0 Å². The zero-order valence-electron chi connectivity index (χ0n) is 23.6. The van der Waals surface area contributed by atoms with Crippen LogP contribution in [0.25, 0.3) is 10.9 Å². The van der Waals surface area contributed by atoms with Crippen molar-refractivity contribution in [2.45, 2.75) is 49.9 Å². The fourth-order valence-corrected chi connectivity index (χ4v) is 4.29. The summed E-state index contributed by atoms with van der Waals surface area (Å²) in [6.45, 7) is -0.369. The Labute approximate surface area is 257 Å². The highest BCUT2D eigenvalue weighted by molar-refractivity contribution is 7.80. The average molecular weight is 636 g/mol.